The van der Waals surface area contributed by atoms with E-state index < -0.39 is 6.10 Å². The predicted molar refractivity (Wildman–Crippen MR) is 91.0 cm³/mol. The summed E-state index contributed by atoms with van der Waals surface area (Å²) >= 11 is 0. The van der Waals surface area contributed by atoms with Crippen LogP contribution in [0.2, 0.25) is 0 Å². The number of carbonyl (C=O) groups excluding carboxylic acids is 1. The van der Waals surface area contributed by atoms with Gasteiger partial charge < -0.3 is 5.11 Å². The van der Waals surface area contributed by atoms with Gasteiger partial charge in [0.15, 0.2) is 5.78 Å². The van der Waals surface area contributed by atoms with Crippen LogP contribution in [0, 0.1) is 18.3 Å². The lowest BCUT2D eigenvalue weighted by Crippen LogP contribution is -2.25. The number of aliphatic hydroxyl groups excluding tert-OH is 1. The molecule has 2 heteroatoms. The van der Waals surface area contributed by atoms with E-state index in [1.54, 1.807) is 6.07 Å². The Bertz CT molecular complexity index is 563. The first kappa shape index (κ1) is 17.0. The highest BCUT2D eigenvalue weighted by Crippen LogP contribution is 2.38. The third-order valence-corrected chi connectivity index (χ3v) is 4.79. The summed E-state index contributed by atoms with van der Waals surface area (Å²) in [6.07, 6.45) is 5.01. The maximum atomic E-state index is 12.3. The van der Waals surface area contributed by atoms with E-state index in [4.69, 9.17) is 0 Å². The molecule has 0 saturated heterocycles. The first-order valence-corrected chi connectivity index (χ1v) is 8.24. The fourth-order valence-electron chi connectivity index (χ4n) is 3.19. The molecule has 22 heavy (non-hydrogen) atoms. The molecule has 1 aromatic rings. The van der Waals surface area contributed by atoms with Crippen molar-refractivity contribution in [1.82, 2.24) is 0 Å². The second-order valence-corrected chi connectivity index (χ2v) is 7.65. The molecule has 0 spiro atoms. The van der Waals surface area contributed by atoms with Crippen molar-refractivity contribution in [2.24, 2.45) is 11.3 Å². The van der Waals surface area contributed by atoms with Crippen LogP contribution in [0.15, 0.2) is 35.9 Å². The molecular weight excluding hydrogens is 272 g/mol. The predicted octanol–water partition coefficient (Wildman–Crippen LogP) is 4.70. The smallest absolute Gasteiger partial charge is 0.191 e. The normalized spacial score (nSPS) is 20.4. The maximum Gasteiger partial charge on any atom is 0.191 e. The lowest BCUT2D eigenvalue weighted by atomic mass is 9.72. The van der Waals surface area contributed by atoms with Crippen molar-refractivity contribution < 1.29 is 9.90 Å². The van der Waals surface area contributed by atoms with Crippen molar-refractivity contribution >= 4 is 5.78 Å². The number of ketones is 1. The third-order valence-electron chi connectivity index (χ3n) is 4.79. The number of aliphatic hydroxyl groups is 1. The molecule has 0 aromatic heterocycles. The van der Waals surface area contributed by atoms with Crippen LogP contribution < -0.4 is 0 Å². The summed E-state index contributed by atoms with van der Waals surface area (Å²) in [6, 6.07) is 7.45. The quantitative estimate of drug-likeness (QED) is 0.646. The average Bonchev–Trinajstić information content (AvgIpc) is 2.46. The first-order valence-electron chi connectivity index (χ1n) is 8.24. The van der Waals surface area contributed by atoms with Gasteiger partial charge in [-0.3, -0.25) is 4.79 Å². The van der Waals surface area contributed by atoms with Gasteiger partial charge in [-0.2, -0.15) is 0 Å². The molecule has 0 bridgehead atoms. The summed E-state index contributed by atoms with van der Waals surface area (Å²) in [5.74, 6) is 0.531. The Balaban J connectivity index is 1.97. The minimum atomic E-state index is -0.917. The molecule has 0 heterocycles. The summed E-state index contributed by atoms with van der Waals surface area (Å²) < 4.78 is 0. The molecule has 0 amide bonds. The molecular formula is C20H28O2. The van der Waals surface area contributed by atoms with Gasteiger partial charge in [-0.1, -0.05) is 56.2 Å². The number of hydrogen-bond donors (Lipinski definition) is 1. The summed E-state index contributed by atoms with van der Waals surface area (Å²) in [5, 5.41) is 10.2. The van der Waals surface area contributed by atoms with E-state index >= 15 is 0 Å². The maximum absolute atomic E-state index is 12.3. The fourth-order valence-corrected chi connectivity index (χ4v) is 3.19. The Labute approximate surface area is 134 Å². The number of allylic oxidation sites excluding steroid dienone is 1. The summed E-state index contributed by atoms with van der Waals surface area (Å²) in [4.78, 5) is 12.3. The van der Waals surface area contributed by atoms with E-state index in [-0.39, 0.29) is 5.78 Å². The largest absolute Gasteiger partial charge is 0.385 e. The summed E-state index contributed by atoms with van der Waals surface area (Å²) in [5.41, 5.74) is 3.21. The van der Waals surface area contributed by atoms with Gasteiger partial charge in [0.25, 0.3) is 0 Å². The second-order valence-electron chi connectivity index (χ2n) is 7.65. The van der Waals surface area contributed by atoms with Crippen molar-refractivity contribution in [2.45, 2.75) is 59.5 Å². The van der Waals surface area contributed by atoms with Gasteiger partial charge >= 0.3 is 0 Å². The molecule has 1 aromatic carbocycles. The molecule has 0 radical (unpaired) electrons. The molecule has 1 N–H and O–H groups in total. The SMILES string of the molecule is Cc1cccc(C(=O)[C@@H](O)CC2=CC[C@@H](C(C)(C)C)CC2)c1. The average molecular weight is 300 g/mol. The van der Waals surface area contributed by atoms with Crippen LogP contribution in [0.25, 0.3) is 0 Å². The fraction of sp³-hybridized carbons (Fsp3) is 0.550. The number of Topliss-reactive ketones (excluding diaryl/α,β-unsaturated/α-hetero) is 1. The molecule has 2 rings (SSSR count). The lowest BCUT2D eigenvalue weighted by molar-refractivity contribution is 0.0743. The molecule has 2 nitrogen and oxygen atoms in total. The highest BCUT2D eigenvalue weighted by atomic mass is 16.3. The third kappa shape index (κ3) is 4.30. The summed E-state index contributed by atoms with van der Waals surface area (Å²) in [7, 11) is 0. The van der Waals surface area contributed by atoms with Gasteiger partial charge in [-0.15, -0.1) is 0 Å². The Morgan fingerprint density at radius 1 is 1.36 bits per heavy atom. The zero-order valence-electron chi connectivity index (χ0n) is 14.2. The van der Waals surface area contributed by atoms with Gasteiger partial charge in [0.2, 0.25) is 0 Å². The molecule has 120 valence electrons. The van der Waals surface area contributed by atoms with Gasteiger partial charge in [-0.25, -0.2) is 0 Å². The van der Waals surface area contributed by atoms with Crippen molar-refractivity contribution in [1.29, 1.82) is 0 Å². The van der Waals surface area contributed by atoms with E-state index in [0.29, 0.717) is 23.3 Å². The highest BCUT2D eigenvalue weighted by Gasteiger charge is 2.27. The van der Waals surface area contributed by atoms with Crippen LogP contribution >= 0.6 is 0 Å². The monoisotopic (exact) mass is 300 g/mol. The molecule has 1 aliphatic carbocycles. The second kappa shape index (κ2) is 6.78. The number of rotatable bonds is 4. The zero-order valence-corrected chi connectivity index (χ0v) is 14.2. The Kier molecular flexibility index (Phi) is 5.23. The Morgan fingerprint density at radius 3 is 2.64 bits per heavy atom. The molecule has 0 fully saturated rings. The number of benzene rings is 1. The first-order chi connectivity index (χ1) is 10.3. The van der Waals surface area contributed by atoms with Crippen molar-refractivity contribution in [3.8, 4) is 0 Å². The van der Waals surface area contributed by atoms with Crippen LogP contribution in [0.4, 0.5) is 0 Å². The van der Waals surface area contributed by atoms with Gasteiger partial charge in [-0.05, 0) is 43.6 Å². The van der Waals surface area contributed by atoms with Crippen LogP contribution in [0.3, 0.4) is 0 Å². The van der Waals surface area contributed by atoms with Crippen molar-refractivity contribution in [3.05, 3.63) is 47.0 Å². The lowest BCUT2D eigenvalue weighted by Gasteiger charge is -2.33. The minimum absolute atomic E-state index is 0.164. The van der Waals surface area contributed by atoms with Crippen LogP contribution in [0.5, 0.6) is 0 Å². The molecule has 0 saturated carbocycles. The molecule has 0 aliphatic heterocycles. The van der Waals surface area contributed by atoms with Crippen LogP contribution in [-0.4, -0.2) is 17.0 Å². The van der Waals surface area contributed by atoms with Crippen LogP contribution in [-0.2, 0) is 0 Å². The molecule has 0 unspecified atom stereocenters. The topological polar surface area (TPSA) is 37.3 Å². The molecule has 2 atom stereocenters. The van der Waals surface area contributed by atoms with E-state index in [1.807, 2.05) is 25.1 Å². The van der Waals surface area contributed by atoms with Crippen molar-refractivity contribution in [2.75, 3.05) is 0 Å². The van der Waals surface area contributed by atoms with E-state index in [1.165, 1.54) is 5.57 Å². The summed E-state index contributed by atoms with van der Waals surface area (Å²) in [6.45, 7) is 8.81. The molecule has 1 aliphatic rings. The highest BCUT2D eigenvalue weighted by molar-refractivity contribution is 5.99. The number of hydrogen-bond acceptors (Lipinski definition) is 2. The van der Waals surface area contributed by atoms with Crippen LogP contribution in [0.1, 0.15) is 62.4 Å². The Hall–Kier alpha value is -1.41. The Morgan fingerprint density at radius 2 is 2.09 bits per heavy atom. The van der Waals surface area contributed by atoms with E-state index in [9.17, 15) is 9.90 Å². The van der Waals surface area contributed by atoms with E-state index in [2.05, 4.69) is 26.8 Å². The minimum Gasteiger partial charge on any atom is -0.385 e. The standard InChI is InChI=1S/C20H28O2/c1-14-6-5-7-16(12-14)19(22)18(21)13-15-8-10-17(11-9-15)20(2,3)4/h5-8,12,17-18,21H,9-11,13H2,1-4H3/t17-,18+/m1/s1. The number of aryl methyl sites for hydroxylation is 1. The van der Waals surface area contributed by atoms with Crippen molar-refractivity contribution in [3.63, 3.8) is 0 Å². The van der Waals surface area contributed by atoms with E-state index in [0.717, 1.165) is 24.8 Å². The zero-order chi connectivity index (χ0) is 16.3. The van der Waals surface area contributed by atoms with Gasteiger partial charge in [0.05, 0.1) is 0 Å². The number of carbonyl (C=O) groups is 1. The van der Waals surface area contributed by atoms with Gasteiger partial charge in [0.1, 0.15) is 6.10 Å². The van der Waals surface area contributed by atoms with Gasteiger partial charge in [0, 0.05) is 12.0 Å².